The van der Waals surface area contributed by atoms with Crippen molar-refractivity contribution in [2.24, 2.45) is 7.05 Å². The van der Waals surface area contributed by atoms with Gasteiger partial charge in [-0.3, -0.25) is 0 Å². The number of anilines is 2. The third-order valence-electron chi connectivity index (χ3n) is 4.17. The number of aromatic nitrogens is 3. The van der Waals surface area contributed by atoms with Crippen molar-refractivity contribution in [1.82, 2.24) is 9.61 Å². The largest absolute Gasteiger partial charge is 0.394 e. The molecule has 0 atom stereocenters. The molecule has 22 heavy (non-hydrogen) atoms. The topological polar surface area (TPSA) is 59.2 Å². The molecule has 3 aromatic heterocycles. The molecule has 0 aliphatic rings. The quantitative estimate of drug-likeness (QED) is 0.724. The molecule has 0 aliphatic carbocycles. The summed E-state index contributed by atoms with van der Waals surface area (Å²) in [5.74, 6) is 0.757. The molecular formula is C17H22N5+. The van der Waals surface area contributed by atoms with E-state index >= 15 is 0 Å². The first-order valence-corrected chi connectivity index (χ1v) is 7.49. The Balaban J connectivity index is 1.79. The van der Waals surface area contributed by atoms with Gasteiger partial charge in [0.05, 0.1) is 5.52 Å². The Morgan fingerprint density at radius 3 is 2.82 bits per heavy atom. The van der Waals surface area contributed by atoms with Crippen LogP contribution in [0.5, 0.6) is 0 Å². The van der Waals surface area contributed by atoms with E-state index in [4.69, 9.17) is 5.73 Å². The summed E-state index contributed by atoms with van der Waals surface area (Å²) >= 11 is 0. The lowest BCUT2D eigenvalue weighted by atomic mass is 10.2. The van der Waals surface area contributed by atoms with Crippen LogP contribution in [-0.2, 0) is 13.5 Å². The molecule has 0 bridgehead atoms. The first kappa shape index (κ1) is 14.4. The lowest BCUT2D eigenvalue weighted by molar-refractivity contribution is -0.679. The van der Waals surface area contributed by atoms with E-state index in [0.717, 1.165) is 30.0 Å². The number of nitrogens with one attached hydrogen (secondary N) is 1. The first-order chi connectivity index (χ1) is 10.6. The second kappa shape index (κ2) is 5.67. The van der Waals surface area contributed by atoms with Gasteiger partial charge in [-0.15, -0.1) is 5.10 Å². The van der Waals surface area contributed by atoms with Gasteiger partial charge in [-0.25, -0.2) is 9.08 Å². The van der Waals surface area contributed by atoms with E-state index in [9.17, 15) is 0 Å². The van der Waals surface area contributed by atoms with E-state index in [1.165, 1.54) is 11.3 Å². The highest BCUT2D eigenvalue weighted by molar-refractivity contribution is 5.81. The molecule has 3 heterocycles. The molecule has 3 rings (SSSR count). The second-order valence-corrected chi connectivity index (χ2v) is 5.64. The Hall–Kier alpha value is -2.56. The zero-order valence-corrected chi connectivity index (χ0v) is 13.3. The Labute approximate surface area is 130 Å². The summed E-state index contributed by atoms with van der Waals surface area (Å²) in [4.78, 5) is 0. The Morgan fingerprint density at radius 2 is 2.05 bits per heavy atom. The van der Waals surface area contributed by atoms with Gasteiger partial charge in [0.15, 0.2) is 17.7 Å². The fraction of sp³-hybridized carbons (Fsp3) is 0.294. The summed E-state index contributed by atoms with van der Waals surface area (Å²) in [5.41, 5.74) is 11.5. The van der Waals surface area contributed by atoms with Crippen LogP contribution in [0.15, 0.2) is 36.5 Å². The van der Waals surface area contributed by atoms with Crippen molar-refractivity contribution in [1.29, 1.82) is 0 Å². The molecule has 0 unspecified atom stereocenters. The third kappa shape index (κ3) is 2.50. The summed E-state index contributed by atoms with van der Waals surface area (Å²) in [6.45, 7) is 4.93. The van der Waals surface area contributed by atoms with Gasteiger partial charge in [0.1, 0.15) is 12.7 Å². The molecule has 0 saturated heterocycles. The first-order valence-electron chi connectivity index (χ1n) is 7.49. The summed E-state index contributed by atoms with van der Waals surface area (Å²) in [6, 6.07) is 10.3. The SMILES string of the molecule is Cc1ccc2c(N)c(NCCc3cccc[n+]3C)nn2c1C. The average Bonchev–Trinajstić information content (AvgIpc) is 2.83. The molecule has 0 fully saturated rings. The van der Waals surface area contributed by atoms with Crippen LogP contribution in [0.1, 0.15) is 17.0 Å². The molecule has 114 valence electrons. The smallest absolute Gasteiger partial charge is 0.182 e. The monoisotopic (exact) mass is 296 g/mol. The van der Waals surface area contributed by atoms with Crippen molar-refractivity contribution >= 4 is 17.0 Å². The van der Waals surface area contributed by atoms with Crippen molar-refractivity contribution in [2.75, 3.05) is 17.6 Å². The van der Waals surface area contributed by atoms with E-state index in [1.807, 2.05) is 16.6 Å². The van der Waals surface area contributed by atoms with Gasteiger partial charge in [-0.05, 0) is 25.5 Å². The van der Waals surface area contributed by atoms with E-state index in [2.05, 4.69) is 60.3 Å². The van der Waals surface area contributed by atoms with Gasteiger partial charge in [0.2, 0.25) is 0 Å². The number of rotatable bonds is 4. The van der Waals surface area contributed by atoms with Gasteiger partial charge >= 0.3 is 0 Å². The van der Waals surface area contributed by atoms with Gasteiger partial charge in [-0.2, -0.15) is 0 Å². The van der Waals surface area contributed by atoms with Gasteiger partial charge in [0, 0.05) is 30.8 Å². The molecule has 3 N–H and O–H groups in total. The average molecular weight is 296 g/mol. The van der Waals surface area contributed by atoms with Crippen LogP contribution in [-0.4, -0.2) is 16.2 Å². The summed E-state index contributed by atoms with van der Waals surface area (Å²) < 4.78 is 4.04. The number of nitrogens with zero attached hydrogens (tertiary/aromatic N) is 3. The number of fused-ring (bicyclic) bond motifs is 1. The standard InChI is InChI=1S/C17H22N5/c1-12-7-8-15-16(18)17(20-22(15)13(12)2)19-10-9-14-6-4-5-11-21(14)3/h4-8,11H,9-10,18H2,1-3H3,(H,19,20)/q+1. The highest BCUT2D eigenvalue weighted by atomic mass is 15.3. The summed E-state index contributed by atoms with van der Waals surface area (Å²) in [5, 5.41) is 7.95. The number of nitrogen functional groups attached to an aromatic ring is 1. The minimum atomic E-state index is 0.709. The van der Waals surface area contributed by atoms with Gasteiger partial charge in [-0.1, -0.05) is 12.1 Å². The van der Waals surface area contributed by atoms with Crippen LogP contribution in [0.25, 0.3) is 5.52 Å². The van der Waals surface area contributed by atoms with Crippen LogP contribution in [0.4, 0.5) is 11.5 Å². The molecule has 0 spiro atoms. The van der Waals surface area contributed by atoms with E-state index in [0.29, 0.717) is 5.69 Å². The summed E-state index contributed by atoms with van der Waals surface area (Å²) in [7, 11) is 2.06. The molecular weight excluding hydrogens is 274 g/mol. The zero-order chi connectivity index (χ0) is 15.7. The maximum atomic E-state index is 6.22. The van der Waals surface area contributed by atoms with Crippen LogP contribution in [0.3, 0.4) is 0 Å². The van der Waals surface area contributed by atoms with E-state index in [1.54, 1.807) is 0 Å². The van der Waals surface area contributed by atoms with Crippen molar-refractivity contribution in [2.45, 2.75) is 20.3 Å². The number of aryl methyl sites for hydroxylation is 3. The molecule has 0 aliphatic heterocycles. The fourth-order valence-corrected chi connectivity index (χ4v) is 2.61. The van der Waals surface area contributed by atoms with E-state index in [-0.39, 0.29) is 0 Å². The number of hydrogen-bond donors (Lipinski definition) is 2. The molecule has 0 amide bonds. The van der Waals surface area contributed by atoms with Crippen LogP contribution in [0, 0.1) is 13.8 Å². The highest BCUT2D eigenvalue weighted by Gasteiger charge is 2.12. The molecule has 3 aromatic rings. The lowest BCUT2D eigenvalue weighted by Gasteiger charge is -2.03. The minimum Gasteiger partial charge on any atom is -0.394 e. The predicted molar refractivity (Wildman–Crippen MR) is 88.9 cm³/mol. The third-order valence-corrected chi connectivity index (χ3v) is 4.17. The Bertz CT molecular complexity index is 819. The van der Waals surface area contributed by atoms with Crippen LogP contribution >= 0.6 is 0 Å². The predicted octanol–water partition coefficient (Wildman–Crippen LogP) is 2.01. The Morgan fingerprint density at radius 1 is 1.23 bits per heavy atom. The summed E-state index contributed by atoms with van der Waals surface area (Å²) in [6.07, 6.45) is 2.98. The van der Waals surface area contributed by atoms with Crippen LogP contribution < -0.4 is 15.6 Å². The fourth-order valence-electron chi connectivity index (χ4n) is 2.61. The molecule has 5 heteroatoms. The maximum Gasteiger partial charge on any atom is 0.182 e. The number of nitrogens with two attached hydrogens (primary N) is 1. The molecule has 0 saturated carbocycles. The second-order valence-electron chi connectivity index (χ2n) is 5.64. The maximum absolute atomic E-state index is 6.22. The van der Waals surface area contributed by atoms with Gasteiger partial charge in [0.25, 0.3) is 0 Å². The van der Waals surface area contributed by atoms with Gasteiger partial charge < -0.3 is 11.1 Å². The molecule has 0 radical (unpaired) electrons. The normalized spacial score (nSPS) is 11.0. The number of pyridine rings is 2. The highest BCUT2D eigenvalue weighted by Crippen LogP contribution is 2.25. The molecule has 0 aromatic carbocycles. The Kier molecular flexibility index (Phi) is 3.71. The van der Waals surface area contributed by atoms with Crippen molar-refractivity contribution in [3.8, 4) is 0 Å². The lowest BCUT2D eigenvalue weighted by Crippen LogP contribution is -2.33. The van der Waals surface area contributed by atoms with Crippen molar-refractivity contribution in [3.63, 3.8) is 0 Å². The van der Waals surface area contributed by atoms with E-state index < -0.39 is 0 Å². The zero-order valence-electron chi connectivity index (χ0n) is 13.3. The van der Waals surface area contributed by atoms with Crippen LogP contribution in [0.2, 0.25) is 0 Å². The molecule has 5 nitrogen and oxygen atoms in total. The number of hydrogen-bond acceptors (Lipinski definition) is 3. The van der Waals surface area contributed by atoms with Crippen molar-refractivity contribution < 1.29 is 4.57 Å². The minimum absolute atomic E-state index is 0.709. The van der Waals surface area contributed by atoms with Crippen molar-refractivity contribution in [3.05, 3.63) is 53.5 Å².